The molecule has 0 spiro atoms. The zero-order valence-electron chi connectivity index (χ0n) is 9.60. The Hall–Kier alpha value is -0.720. The van der Waals surface area contributed by atoms with Gasteiger partial charge in [-0.25, -0.2) is 4.98 Å². The van der Waals surface area contributed by atoms with Gasteiger partial charge in [-0.05, 0) is 19.8 Å². The molecule has 90 valence electrons. The molecule has 1 saturated heterocycles. The van der Waals surface area contributed by atoms with Crippen LogP contribution in [0, 0.1) is 0 Å². The van der Waals surface area contributed by atoms with Gasteiger partial charge < -0.3 is 14.8 Å². The van der Waals surface area contributed by atoms with Gasteiger partial charge in [-0.1, -0.05) is 0 Å². The van der Waals surface area contributed by atoms with Crippen molar-refractivity contribution in [2.24, 2.45) is 0 Å². The molecule has 0 bridgehead atoms. The van der Waals surface area contributed by atoms with E-state index in [1.54, 1.807) is 7.11 Å². The first-order valence-electron chi connectivity index (χ1n) is 5.49. The average Bonchev–Trinajstić information content (AvgIpc) is 2.89. The minimum Gasteiger partial charge on any atom is -0.377 e. The van der Waals surface area contributed by atoms with Gasteiger partial charge in [0.15, 0.2) is 5.82 Å². The summed E-state index contributed by atoms with van der Waals surface area (Å²) in [5.74, 6) is 0.731. The van der Waals surface area contributed by atoms with E-state index >= 15 is 0 Å². The van der Waals surface area contributed by atoms with E-state index in [0.717, 1.165) is 30.4 Å². The minimum absolute atomic E-state index is 0.283. The summed E-state index contributed by atoms with van der Waals surface area (Å²) in [6.45, 7) is 3.46. The molecule has 0 aliphatic carbocycles. The Kier molecular flexibility index (Phi) is 4.09. The highest BCUT2D eigenvalue weighted by atomic mass is 32.1. The van der Waals surface area contributed by atoms with E-state index in [9.17, 15) is 0 Å². The van der Waals surface area contributed by atoms with Crippen molar-refractivity contribution >= 4 is 16.7 Å². The number of nitrogens with zero attached hydrogens (tertiary/aromatic N) is 2. The number of rotatable bonds is 5. The number of anilines is 1. The molecular weight excluding hydrogens is 226 g/mol. The quantitative estimate of drug-likeness (QED) is 0.852. The molecule has 0 saturated carbocycles. The Morgan fingerprint density at radius 3 is 3.25 bits per heavy atom. The van der Waals surface area contributed by atoms with E-state index in [1.165, 1.54) is 11.5 Å². The van der Waals surface area contributed by atoms with Gasteiger partial charge in [-0.2, -0.15) is 4.37 Å². The zero-order valence-corrected chi connectivity index (χ0v) is 10.4. The lowest BCUT2D eigenvalue weighted by atomic mass is 10.1. The van der Waals surface area contributed by atoms with Crippen LogP contribution in [-0.4, -0.2) is 35.2 Å². The molecule has 1 fully saturated rings. The summed E-state index contributed by atoms with van der Waals surface area (Å²) in [6, 6.07) is 0.283. The highest BCUT2D eigenvalue weighted by Gasteiger charge is 2.22. The predicted octanol–water partition coefficient (Wildman–Crippen LogP) is 1.66. The van der Waals surface area contributed by atoms with E-state index in [4.69, 9.17) is 9.47 Å². The molecule has 2 heterocycles. The first-order valence-corrected chi connectivity index (χ1v) is 6.26. The molecule has 6 heteroatoms. The zero-order chi connectivity index (χ0) is 11.4. The SMILES string of the molecule is COCc1nsc(N[C@H](C)[C@@H]2CCCO2)n1. The number of aromatic nitrogens is 2. The van der Waals surface area contributed by atoms with Crippen molar-refractivity contribution in [1.29, 1.82) is 0 Å². The van der Waals surface area contributed by atoms with E-state index in [-0.39, 0.29) is 6.04 Å². The van der Waals surface area contributed by atoms with Crippen molar-refractivity contribution in [2.75, 3.05) is 19.0 Å². The summed E-state index contributed by atoms with van der Waals surface area (Å²) >= 11 is 1.37. The lowest BCUT2D eigenvalue weighted by Crippen LogP contribution is -2.29. The largest absolute Gasteiger partial charge is 0.377 e. The third-order valence-corrected chi connectivity index (χ3v) is 3.30. The van der Waals surface area contributed by atoms with Crippen molar-refractivity contribution in [1.82, 2.24) is 9.36 Å². The van der Waals surface area contributed by atoms with Gasteiger partial charge in [0, 0.05) is 25.2 Å². The van der Waals surface area contributed by atoms with E-state index in [1.807, 2.05) is 0 Å². The van der Waals surface area contributed by atoms with Gasteiger partial charge in [0.2, 0.25) is 5.13 Å². The highest BCUT2D eigenvalue weighted by molar-refractivity contribution is 7.09. The Balaban J connectivity index is 1.87. The van der Waals surface area contributed by atoms with Crippen LogP contribution < -0.4 is 5.32 Å². The summed E-state index contributed by atoms with van der Waals surface area (Å²) in [5.41, 5.74) is 0. The van der Waals surface area contributed by atoms with Crippen molar-refractivity contribution in [3.63, 3.8) is 0 Å². The Bertz CT molecular complexity index is 326. The van der Waals surface area contributed by atoms with E-state index in [2.05, 4.69) is 21.6 Å². The maximum Gasteiger partial charge on any atom is 0.202 e. The molecule has 0 unspecified atom stereocenters. The van der Waals surface area contributed by atoms with Gasteiger partial charge in [-0.3, -0.25) is 0 Å². The number of hydrogen-bond acceptors (Lipinski definition) is 6. The number of hydrogen-bond donors (Lipinski definition) is 1. The summed E-state index contributed by atoms with van der Waals surface area (Å²) in [7, 11) is 1.64. The fourth-order valence-electron chi connectivity index (χ4n) is 1.78. The van der Waals surface area contributed by atoms with Crippen LogP contribution in [-0.2, 0) is 16.1 Å². The van der Waals surface area contributed by atoms with E-state index < -0.39 is 0 Å². The van der Waals surface area contributed by atoms with Gasteiger partial charge in [0.25, 0.3) is 0 Å². The average molecular weight is 243 g/mol. The van der Waals surface area contributed by atoms with Crippen molar-refractivity contribution in [3.8, 4) is 0 Å². The Morgan fingerprint density at radius 1 is 1.69 bits per heavy atom. The molecule has 16 heavy (non-hydrogen) atoms. The predicted molar refractivity (Wildman–Crippen MR) is 62.7 cm³/mol. The number of methoxy groups -OCH3 is 1. The first kappa shape index (κ1) is 11.8. The molecule has 0 amide bonds. The molecule has 1 aliphatic rings. The maximum absolute atomic E-state index is 5.61. The number of ether oxygens (including phenoxy) is 2. The second-order valence-electron chi connectivity index (χ2n) is 3.93. The molecular formula is C10H17N3O2S. The molecule has 1 N–H and O–H groups in total. The van der Waals surface area contributed by atoms with Crippen LogP contribution in [0.5, 0.6) is 0 Å². The van der Waals surface area contributed by atoms with Crippen LogP contribution in [0.15, 0.2) is 0 Å². The van der Waals surface area contributed by atoms with Crippen LogP contribution in [0.4, 0.5) is 5.13 Å². The lowest BCUT2D eigenvalue weighted by molar-refractivity contribution is 0.0996. The van der Waals surface area contributed by atoms with Gasteiger partial charge in [0.05, 0.1) is 12.1 Å². The second kappa shape index (κ2) is 5.56. The summed E-state index contributed by atoms with van der Waals surface area (Å²) in [5, 5.41) is 4.17. The molecule has 0 aromatic carbocycles. The fourth-order valence-corrected chi connectivity index (χ4v) is 2.46. The highest BCUT2D eigenvalue weighted by Crippen LogP contribution is 2.20. The molecule has 2 atom stereocenters. The van der Waals surface area contributed by atoms with Gasteiger partial charge >= 0.3 is 0 Å². The minimum atomic E-state index is 0.283. The maximum atomic E-state index is 5.61. The van der Waals surface area contributed by atoms with Crippen molar-refractivity contribution in [3.05, 3.63) is 5.82 Å². The number of nitrogens with one attached hydrogen (secondary N) is 1. The Labute approximate surface area is 99.3 Å². The normalized spacial score (nSPS) is 22.2. The first-order chi connectivity index (χ1) is 7.79. The second-order valence-corrected chi connectivity index (χ2v) is 4.69. The topological polar surface area (TPSA) is 56.3 Å². The molecule has 1 aromatic rings. The molecule has 5 nitrogen and oxygen atoms in total. The molecule has 1 aromatic heterocycles. The van der Waals surface area contributed by atoms with Crippen LogP contribution in [0.25, 0.3) is 0 Å². The summed E-state index contributed by atoms with van der Waals surface area (Å²) < 4.78 is 14.8. The van der Waals surface area contributed by atoms with Crippen molar-refractivity contribution < 1.29 is 9.47 Å². The summed E-state index contributed by atoms with van der Waals surface area (Å²) in [4.78, 5) is 4.33. The van der Waals surface area contributed by atoms with E-state index in [0.29, 0.717) is 12.7 Å². The van der Waals surface area contributed by atoms with Crippen molar-refractivity contribution in [2.45, 2.75) is 38.5 Å². The third kappa shape index (κ3) is 2.90. The van der Waals surface area contributed by atoms with Crippen LogP contribution in [0.1, 0.15) is 25.6 Å². The fraction of sp³-hybridized carbons (Fsp3) is 0.800. The third-order valence-electron chi connectivity index (χ3n) is 2.62. The smallest absolute Gasteiger partial charge is 0.202 e. The van der Waals surface area contributed by atoms with Gasteiger partial charge in [0.1, 0.15) is 6.61 Å². The Morgan fingerprint density at radius 2 is 2.56 bits per heavy atom. The molecule has 2 rings (SSSR count). The van der Waals surface area contributed by atoms with Crippen LogP contribution in [0.2, 0.25) is 0 Å². The summed E-state index contributed by atoms with van der Waals surface area (Å²) in [6.07, 6.45) is 2.58. The standard InChI is InChI=1S/C10H17N3O2S/c1-7(8-4-3-5-15-8)11-10-12-9(6-14-2)13-16-10/h7-8H,3-6H2,1-2H3,(H,11,12,13)/t7-,8+/m1/s1. The van der Waals surface area contributed by atoms with Gasteiger partial charge in [-0.15, -0.1) is 0 Å². The van der Waals surface area contributed by atoms with Crippen LogP contribution >= 0.6 is 11.5 Å². The van der Waals surface area contributed by atoms with Crippen LogP contribution in [0.3, 0.4) is 0 Å². The monoisotopic (exact) mass is 243 g/mol. The molecule has 0 radical (unpaired) electrons. The molecule has 1 aliphatic heterocycles. The lowest BCUT2D eigenvalue weighted by Gasteiger charge is -2.18.